The summed E-state index contributed by atoms with van der Waals surface area (Å²) in [6.45, 7) is 2.01. The first-order valence-corrected chi connectivity index (χ1v) is 6.76. The molecule has 2 aromatic rings. The number of nitro groups is 1. The molecule has 1 aromatic heterocycles. The van der Waals surface area contributed by atoms with E-state index in [0.717, 1.165) is 16.3 Å². The molecule has 2 N–H and O–H groups in total. The molecule has 0 radical (unpaired) electrons. The average Bonchev–Trinajstić information content (AvgIpc) is 2.83. The Labute approximate surface area is 119 Å². The van der Waals surface area contributed by atoms with Crippen molar-refractivity contribution in [3.8, 4) is 0 Å². The van der Waals surface area contributed by atoms with Crippen LogP contribution >= 0.6 is 11.3 Å². The van der Waals surface area contributed by atoms with Crippen molar-refractivity contribution < 1.29 is 9.72 Å². The van der Waals surface area contributed by atoms with Gasteiger partial charge in [-0.15, -0.1) is 11.3 Å². The number of nitro benzene ring substituents is 1. The van der Waals surface area contributed by atoms with E-state index in [1.54, 1.807) is 12.1 Å². The van der Waals surface area contributed by atoms with Crippen LogP contribution in [-0.2, 0) is 11.3 Å². The number of rotatable bonds is 5. The number of nitrogens with zero attached hydrogens (tertiary/aromatic N) is 1. The van der Waals surface area contributed by atoms with Crippen molar-refractivity contribution in [1.29, 1.82) is 0 Å². The summed E-state index contributed by atoms with van der Waals surface area (Å²) in [5.41, 5.74) is 1.64. The molecule has 104 valence electrons. The second kappa shape index (κ2) is 6.16. The number of amides is 1. The van der Waals surface area contributed by atoms with Crippen LogP contribution in [0.15, 0.2) is 35.7 Å². The third-order valence-corrected chi connectivity index (χ3v) is 3.51. The average molecular weight is 291 g/mol. The molecule has 1 aromatic carbocycles. The molecule has 0 bridgehead atoms. The Bertz CT molecular complexity index is 622. The molecule has 0 aliphatic heterocycles. The van der Waals surface area contributed by atoms with Crippen molar-refractivity contribution in [3.05, 3.63) is 50.7 Å². The first-order valence-electron chi connectivity index (χ1n) is 5.88. The second-order valence-electron chi connectivity index (χ2n) is 4.10. The summed E-state index contributed by atoms with van der Waals surface area (Å²) in [5.74, 6) is -0.111. The third-order valence-electron chi connectivity index (χ3n) is 2.59. The van der Waals surface area contributed by atoms with Gasteiger partial charge in [0.1, 0.15) is 0 Å². The maximum absolute atomic E-state index is 11.0. The summed E-state index contributed by atoms with van der Waals surface area (Å²) in [7, 11) is 0. The van der Waals surface area contributed by atoms with Gasteiger partial charge in [0.25, 0.3) is 5.69 Å². The predicted molar refractivity (Wildman–Crippen MR) is 79.0 cm³/mol. The Kier molecular flexibility index (Phi) is 4.31. The Balaban J connectivity index is 2.00. The van der Waals surface area contributed by atoms with Crippen LogP contribution in [0.3, 0.4) is 0 Å². The van der Waals surface area contributed by atoms with E-state index >= 15 is 0 Å². The van der Waals surface area contributed by atoms with Gasteiger partial charge in [-0.1, -0.05) is 0 Å². The molecule has 2 rings (SSSR count). The zero-order valence-corrected chi connectivity index (χ0v) is 11.6. The molecule has 0 spiro atoms. The van der Waals surface area contributed by atoms with Crippen LogP contribution < -0.4 is 10.6 Å². The van der Waals surface area contributed by atoms with Crippen LogP contribution in [0.4, 0.5) is 17.1 Å². The largest absolute Gasteiger partial charge is 0.380 e. The van der Waals surface area contributed by atoms with Gasteiger partial charge in [0.05, 0.1) is 17.2 Å². The minimum Gasteiger partial charge on any atom is -0.380 e. The van der Waals surface area contributed by atoms with E-state index < -0.39 is 4.92 Å². The molecule has 6 nitrogen and oxygen atoms in total. The standard InChI is InChI=1S/C13H13N3O3S/c1-9(17)15-12-6-7-20-13(12)8-14-10-2-4-11(5-3-10)16(18)19/h2-7,14H,8H2,1H3,(H,15,17). The summed E-state index contributed by atoms with van der Waals surface area (Å²) in [6.07, 6.45) is 0. The maximum atomic E-state index is 11.0. The molecule has 20 heavy (non-hydrogen) atoms. The highest BCUT2D eigenvalue weighted by atomic mass is 32.1. The van der Waals surface area contributed by atoms with Crippen molar-refractivity contribution >= 4 is 34.3 Å². The predicted octanol–water partition coefficient (Wildman–Crippen LogP) is 3.23. The van der Waals surface area contributed by atoms with E-state index in [0.29, 0.717) is 6.54 Å². The van der Waals surface area contributed by atoms with Crippen LogP contribution in [0.5, 0.6) is 0 Å². The van der Waals surface area contributed by atoms with Gasteiger partial charge < -0.3 is 10.6 Å². The smallest absolute Gasteiger partial charge is 0.269 e. The Morgan fingerprint density at radius 3 is 2.60 bits per heavy atom. The van der Waals surface area contributed by atoms with Crippen LogP contribution in [0, 0.1) is 10.1 Å². The molecule has 0 aliphatic carbocycles. The number of thiophene rings is 1. The van der Waals surface area contributed by atoms with Gasteiger partial charge in [0.15, 0.2) is 0 Å². The van der Waals surface area contributed by atoms with Gasteiger partial charge in [-0.2, -0.15) is 0 Å². The third kappa shape index (κ3) is 3.55. The first-order chi connectivity index (χ1) is 9.56. The van der Waals surface area contributed by atoms with Crippen molar-refractivity contribution in [3.63, 3.8) is 0 Å². The van der Waals surface area contributed by atoms with E-state index in [1.165, 1.54) is 30.4 Å². The van der Waals surface area contributed by atoms with E-state index in [1.807, 2.05) is 11.4 Å². The van der Waals surface area contributed by atoms with Crippen molar-refractivity contribution in [2.24, 2.45) is 0 Å². The lowest BCUT2D eigenvalue weighted by atomic mass is 10.3. The molecular weight excluding hydrogens is 278 g/mol. The minimum atomic E-state index is -0.433. The highest BCUT2D eigenvalue weighted by Gasteiger charge is 2.07. The highest BCUT2D eigenvalue weighted by molar-refractivity contribution is 7.10. The lowest BCUT2D eigenvalue weighted by Gasteiger charge is -2.07. The molecule has 0 saturated carbocycles. The number of non-ortho nitro benzene ring substituents is 1. The topological polar surface area (TPSA) is 84.3 Å². The molecule has 0 fully saturated rings. The Morgan fingerprint density at radius 1 is 1.30 bits per heavy atom. The fraction of sp³-hybridized carbons (Fsp3) is 0.154. The van der Waals surface area contributed by atoms with E-state index in [-0.39, 0.29) is 11.6 Å². The second-order valence-corrected chi connectivity index (χ2v) is 5.10. The molecule has 0 unspecified atom stereocenters. The van der Waals surface area contributed by atoms with Crippen LogP contribution in [0.25, 0.3) is 0 Å². The summed E-state index contributed by atoms with van der Waals surface area (Å²) in [5, 5.41) is 18.4. The Hall–Kier alpha value is -2.41. The SMILES string of the molecule is CC(=O)Nc1ccsc1CNc1ccc([N+](=O)[O-])cc1. The number of hydrogen-bond donors (Lipinski definition) is 2. The van der Waals surface area contributed by atoms with Crippen molar-refractivity contribution in [2.75, 3.05) is 10.6 Å². The highest BCUT2D eigenvalue weighted by Crippen LogP contribution is 2.24. The van der Waals surface area contributed by atoms with Crippen LogP contribution in [0.1, 0.15) is 11.8 Å². The lowest BCUT2D eigenvalue weighted by molar-refractivity contribution is -0.384. The zero-order chi connectivity index (χ0) is 14.5. The molecule has 0 aliphatic rings. The van der Waals surface area contributed by atoms with Crippen molar-refractivity contribution in [2.45, 2.75) is 13.5 Å². The van der Waals surface area contributed by atoms with Gasteiger partial charge in [-0.05, 0) is 23.6 Å². The number of carbonyl (C=O) groups excluding carboxylic acids is 1. The number of carbonyl (C=O) groups is 1. The van der Waals surface area contributed by atoms with Crippen molar-refractivity contribution in [1.82, 2.24) is 0 Å². The molecule has 0 atom stereocenters. The summed E-state index contributed by atoms with van der Waals surface area (Å²) < 4.78 is 0. The van der Waals surface area contributed by atoms with Gasteiger partial charge in [-0.25, -0.2) is 0 Å². The summed E-state index contributed by atoms with van der Waals surface area (Å²) >= 11 is 1.53. The monoisotopic (exact) mass is 291 g/mol. The minimum absolute atomic E-state index is 0.0607. The lowest BCUT2D eigenvalue weighted by Crippen LogP contribution is -2.08. The molecule has 1 amide bonds. The number of hydrogen-bond acceptors (Lipinski definition) is 5. The fourth-order valence-electron chi connectivity index (χ4n) is 1.66. The fourth-order valence-corrected chi connectivity index (χ4v) is 2.43. The van der Waals surface area contributed by atoms with Crippen LogP contribution in [0.2, 0.25) is 0 Å². The zero-order valence-electron chi connectivity index (χ0n) is 10.8. The summed E-state index contributed by atoms with van der Waals surface area (Å²) in [4.78, 5) is 22.2. The van der Waals surface area contributed by atoms with E-state index in [9.17, 15) is 14.9 Å². The van der Waals surface area contributed by atoms with Gasteiger partial charge in [0, 0.05) is 29.6 Å². The van der Waals surface area contributed by atoms with Gasteiger partial charge >= 0.3 is 0 Å². The first kappa shape index (κ1) is 14.0. The molecule has 0 saturated heterocycles. The van der Waals surface area contributed by atoms with Crippen LogP contribution in [-0.4, -0.2) is 10.8 Å². The van der Waals surface area contributed by atoms with E-state index in [4.69, 9.17) is 0 Å². The van der Waals surface area contributed by atoms with Gasteiger partial charge in [0.2, 0.25) is 5.91 Å². The maximum Gasteiger partial charge on any atom is 0.269 e. The number of anilines is 2. The molecular formula is C13H13N3O3S. The Morgan fingerprint density at radius 2 is 2.00 bits per heavy atom. The molecule has 1 heterocycles. The quantitative estimate of drug-likeness (QED) is 0.654. The molecule has 7 heteroatoms. The normalized spacial score (nSPS) is 10.1. The summed E-state index contributed by atoms with van der Waals surface area (Å²) in [6, 6.07) is 8.06. The van der Waals surface area contributed by atoms with E-state index in [2.05, 4.69) is 10.6 Å². The van der Waals surface area contributed by atoms with Gasteiger partial charge in [-0.3, -0.25) is 14.9 Å². The number of nitrogens with one attached hydrogen (secondary N) is 2. The number of benzene rings is 1.